The maximum absolute atomic E-state index is 5.51. The quantitative estimate of drug-likeness (QED) is 0.882. The monoisotopic (exact) mass is 248 g/mol. The van der Waals surface area contributed by atoms with Crippen LogP contribution in [0.4, 0.5) is 0 Å². The number of nitrogens with zero attached hydrogens (tertiary/aromatic N) is 1. The second-order valence-corrected chi connectivity index (χ2v) is 4.96. The Labute approximate surface area is 110 Å². The van der Waals surface area contributed by atoms with Gasteiger partial charge in [-0.1, -0.05) is 24.3 Å². The van der Waals surface area contributed by atoms with Crippen LogP contribution in [0.5, 0.6) is 0 Å². The zero-order valence-corrected chi connectivity index (χ0v) is 11.5. The minimum absolute atomic E-state index is 0.407. The van der Waals surface area contributed by atoms with Crippen molar-refractivity contribution in [1.82, 2.24) is 10.2 Å². The lowest BCUT2D eigenvalue weighted by atomic mass is 10.0. The van der Waals surface area contributed by atoms with E-state index in [4.69, 9.17) is 4.74 Å². The van der Waals surface area contributed by atoms with E-state index in [-0.39, 0.29) is 0 Å². The molecule has 0 aromatic heterocycles. The van der Waals surface area contributed by atoms with Gasteiger partial charge in [0.2, 0.25) is 0 Å². The second-order valence-electron chi connectivity index (χ2n) is 4.96. The molecule has 1 heterocycles. The first kappa shape index (κ1) is 13.5. The van der Waals surface area contributed by atoms with Crippen molar-refractivity contribution in [3.8, 4) is 0 Å². The van der Waals surface area contributed by atoms with Crippen molar-refractivity contribution in [2.45, 2.75) is 19.4 Å². The summed E-state index contributed by atoms with van der Waals surface area (Å²) >= 11 is 0. The number of likely N-dealkylation sites (N-methyl/N-ethyl adjacent to an activating group) is 1. The summed E-state index contributed by atoms with van der Waals surface area (Å²) in [6.45, 7) is 7.21. The lowest BCUT2D eigenvalue weighted by Gasteiger charge is -2.26. The van der Waals surface area contributed by atoms with Gasteiger partial charge >= 0.3 is 0 Å². The highest BCUT2D eigenvalue weighted by Gasteiger charge is 2.17. The minimum atomic E-state index is 0.407. The van der Waals surface area contributed by atoms with Gasteiger partial charge in [0.15, 0.2) is 0 Å². The van der Waals surface area contributed by atoms with E-state index in [2.05, 4.69) is 41.4 Å². The number of aryl methyl sites for hydroxylation is 1. The van der Waals surface area contributed by atoms with Crippen LogP contribution in [0.15, 0.2) is 24.3 Å². The predicted molar refractivity (Wildman–Crippen MR) is 74.9 cm³/mol. The Bertz CT molecular complexity index is 359. The molecule has 100 valence electrons. The molecular weight excluding hydrogens is 224 g/mol. The van der Waals surface area contributed by atoms with E-state index < -0.39 is 0 Å². The Balaban J connectivity index is 2.02. The van der Waals surface area contributed by atoms with Crippen molar-refractivity contribution in [2.24, 2.45) is 0 Å². The largest absolute Gasteiger partial charge is 0.380 e. The van der Waals surface area contributed by atoms with Gasteiger partial charge in [0.05, 0.1) is 6.61 Å². The van der Waals surface area contributed by atoms with Crippen LogP contribution >= 0.6 is 0 Å². The van der Waals surface area contributed by atoms with Crippen molar-refractivity contribution in [3.63, 3.8) is 0 Å². The molecule has 1 saturated heterocycles. The van der Waals surface area contributed by atoms with Gasteiger partial charge in [-0.3, -0.25) is 4.90 Å². The molecule has 1 N–H and O–H groups in total. The molecule has 1 atom stereocenters. The number of rotatable bonds is 4. The van der Waals surface area contributed by atoms with Gasteiger partial charge in [-0.25, -0.2) is 0 Å². The van der Waals surface area contributed by atoms with Gasteiger partial charge in [0.1, 0.15) is 0 Å². The zero-order chi connectivity index (χ0) is 12.8. The highest BCUT2D eigenvalue weighted by Crippen LogP contribution is 2.18. The van der Waals surface area contributed by atoms with Crippen molar-refractivity contribution < 1.29 is 4.74 Å². The van der Waals surface area contributed by atoms with Crippen molar-refractivity contribution in [3.05, 3.63) is 35.4 Å². The van der Waals surface area contributed by atoms with E-state index in [1.807, 2.05) is 7.05 Å². The van der Waals surface area contributed by atoms with E-state index in [1.165, 1.54) is 11.1 Å². The molecule has 3 nitrogen and oxygen atoms in total. The Hall–Kier alpha value is -0.900. The van der Waals surface area contributed by atoms with Gasteiger partial charge in [-0.2, -0.15) is 0 Å². The van der Waals surface area contributed by atoms with Gasteiger partial charge in [0.25, 0.3) is 0 Å². The predicted octanol–water partition coefficient (Wildman–Crippen LogP) is 1.98. The van der Waals surface area contributed by atoms with Gasteiger partial charge in [-0.15, -0.1) is 0 Å². The van der Waals surface area contributed by atoms with Crippen LogP contribution in [0.1, 0.15) is 23.6 Å². The van der Waals surface area contributed by atoms with Crippen molar-refractivity contribution >= 4 is 0 Å². The van der Waals surface area contributed by atoms with E-state index in [9.17, 15) is 0 Å². The molecule has 1 unspecified atom stereocenters. The van der Waals surface area contributed by atoms with Crippen molar-refractivity contribution in [2.75, 3.05) is 39.9 Å². The third-order valence-electron chi connectivity index (χ3n) is 3.67. The molecule has 1 aliphatic rings. The summed E-state index contributed by atoms with van der Waals surface area (Å²) in [5, 5.41) is 3.44. The molecule has 0 radical (unpaired) electrons. The zero-order valence-electron chi connectivity index (χ0n) is 11.5. The van der Waals surface area contributed by atoms with Crippen LogP contribution in [0.3, 0.4) is 0 Å². The number of hydrogen-bond acceptors (Lipinski definition) is 3. The lowest BCUT2D eigenvalue weighted by Crippen LogP contribution is -2.35. The summed E-state index contributed by atoms with van der Waals surface area (Å²) in [4.78, 5) is 2.50. The fourth-order valence-corrected chi connectivity index (χ4v) is 2.56. The molecule has 1 aliphatic heterocycles. The SMILES string of the molecule is CNC(CN1CCCOCC1)c1ccccc1C. The molecule has 0 spiro atoms. The number of hydrogen-bond donors (Lipinski definition) is 1. The van der Waals surface area contributed by atoms with Crippen LogP contribution in [0, 0.1) is 6.92 Å². The van der Waals surface area contributed by atoms with Gasteiger partial charge in [-0.05, 0) is 31.5 Å². The Kier molecular flexibility index (Phi) is 5.17. The van der Waals surface area contributed by atoms with E-state index in [0.29, 0.717) is 6.04 Å². The Morgan fingerprint density at radius 2 is 2.11 bits per heavy atom. The molecule has 0 saturated carbocycles. The third-order valence-corrected chi connectivity index (χ3v) is 3.67. The fraction of sp³-hybridized carbons (Fsp3) is 0.600. The normalized spacial score (nSPS) is 19.4. The molecule has 1 aromatic rings. The molecule has 1 fully saturated rings. The molecule has 1 aromatic carbocycles. The van der Waals surface area contributed by atoms with E-state index in [0.717, 1.165) is 39.3 Å². The lowest BCUT2D eigenvalue weighted by molar-refractivity contribution is 0.139. The standard InChI is InChI=1S/C15H24N2O/c1-13-6-3-4-7-14(13)15(16-2)12-17-8-5-10-18-11-9-17/h3-4,6-7,15-16H,5,8-12H2,1-2H3. The molecule has 0 amide bonds. The molecule has 2 rings (SSSR count). The first-order valence-corrected chi connectivity index (χ1v) is 6.84. The maximum Gasteiger partial charge on any atom is 0.0593 e. The van der Waals surface area contributed by atoms with Crippen molar-refractivity contribution in [1.29, 1.82) is 0 Å². The Morgan fingerprint density at radius 1 is 1.28 bits per heavy atom. The van der Waals surface area contributed by atoms with Crippen LogP contribution in [-0.2, 0) is 4.74 Å². The summed E-state index contributed by atoms with van der Waals surface area (Å²) < 4.78 is 5.51. The number of ether oxygens (including phenoxy) is 1. The fourth-order valence-electron chi connectivity index (χ4n) is 2.56. The first-order valence-electron chi connectivity index (χ1n) is 6.84. The summed E-state index contributed by atoms with van der Waals surface area (Å²) in [6, 6.07) is 9.05. The van der Waals surface area contributed by atoms with Crippen LogP contribution in [-0.4, -0.2) is 44.8 Å². The van der Waals surface area contributed by atoms with Crippen LogP contribution in [0.25, 0.3) is 0 Å². The van der Waals surface area contributed by atoms with Crippen LogP contribution in [0.2, 0.25) is 0 Å². The molecule has 0 aliphatic carbocycles. The summed E-state index contributed by atoms with van der Waals surface area (Å²) in [6.07, 6.45) is 1.14. The molecule has 0 bridgehead atoms. The van der Waals surface area contributed by atoms with E-state index in [1.54, 1.807) is 0 Å². The highest BCUT2D eigenvalue weighted by molar-refractivity contribution is 5.28. The minimum Gasteiger partial charge on any atom is -0.380 e. The van der Waals surface area contributed by atoms with Crippen LogP contribution < -0.4 is 5.32 Å². The third kappa shape index (κ3) is 3.55. The molecule has 18 heavy (non-hydrogen) atoms. The average Bonchev–Trinajstić information content (AvgIpc) is 2.65. The summed E-state index contributed by atoms with van der Waals surface area (Å²) in [7, 11) is 2.05. The number of nitrogens with one attached hydrogen (secondary N) is 1. The van der Waals surface area contributed by atoms with E-state index >= 15 is 0 Å². The Morgan fingerprint density at radius 3 is 2.89 bits per heavy atom. The summed E-state index contributed by atoms with van der Waals surface area (Å²) in [5.74, 6) is 0. The molecular formula is C15H24N2O. The first-order chi connectivity index (χ1) is 8.81. The average molecular weight is 248 g/mol. The molecule has 3 heteroatoms. The maximum atomic E-state index is 5.51. The number of benzene rings is 1. The summed E-state index contributed by atoms with van der Waals surface area (Å²) in [5.41, 5.74) is 2.77. The second kappa shape index (κ2) is 6.88. The highest BCUT2D eigenvalue weighted by atomic mass is 16.5. The topological polar surface area (TPSA) is 24.5 Å². The van der Waals surface area contributed by atoms with Gasteiger partial charge < -0.3 is 10.1 Å². The smallest absolute Gasteiger partial charge is 0.0593 e. The van der Waals surface area contributed by atoms with Gasteiger partial charge in [0, 0.05) is 32.3 Å².